The molecule has 2 atom stereocenters. The number of aryl methyl sites for hydroxylation is 2. The van der Waals surface area contributed by atoms with Crippen molar-refractivity contribution < 1.29 is 4.84 Å². The van der Waals surface area contributed by atoms with Gasteiger partial charge in [-0.3, -0.25) is 4.84 Å². The lowest BCUT2D eigenvalue weighted by atomic mass is 9.96. The first-order chi connectivity index (χ1) is 10.9. The maximum Gasteiger partial charge on any atom is 0.101 e. The van der Waals surface area contributed by atoms with E-state index in [0.29, 0.717) is 5.92 Å². The first-order valence-electron chi connectivity index (χ1n) is 8.41. The fraction of sp³-hybridized carbons (Fsp3) is 0.429. The van der Waals surface area contributed by atoms with Crippen molar-refractivity contribution in [2.75, 3.05) is 7.05 Å². The summed E-state index contributed by atoms with van der Waals surface area (Å²) in [5.74, 6) is 0.467. The number of benzene rings is 2. The third kappa shape index (κ3) is 4.66. The molecule has 2 rings (SSSR count). The van der Waals surface area contributed by atoms with E-state index in [1.807, 2.05) is 12.1 Å². The van der Waals surface area contributed by atoms with E-state index in [1.165, 1.54) is 22.3 Å². The maximum absolute atomic E-state index is 6.26. The number of hydrogen-bond donors (Lipinski definition) is 0. The minimum atomic E-state index is 0.0311. The largest absolute Gasteiger partial charge is 0.291 e. The van der Waals surface area contributed by atoms with Crippen LogP contribution in [0.25, 0.3) is 0 Å². The minimum Gasteiger partial charge on any atom is -0.291 e. The van der Waals surface area contributed by atoms with Crippen LogP contribution in [0.5, 0.6) is 0 Å². The fourth-order valence-electron chi connectivity index (χ4n) is 3.29. The van der Waals surface area contributed by atoms with Crippen molar-refractivity contribution in [3.63, 3.8) is 0 Å². The molecule has 0 amide bonds. The zero-order valence-corrected chi connectivity index (χ0v) is 15.2. The van der Waals surface area contributed by atoms with Crippen LogP contribution in [0.2, 0.25) is 0 Å². The molecule has 2 aromatic carbocycles. The highest BCUT2D eigenvalue weighted by Gasteiger charge is 2.23. The average molecular weight is 311 g/mol. The van der Waals surface area contributed by atoms with Gasteiger partial charge in [-0.05, 0) is 37.8 Å². The van der Waals surface area contributed by atoms with E-state index in [4.69, 9.17) is 4.84 Å². The van der Waals surface area contributed by atoms with E-state index in [2.05, 4.69) is 83.1 Å². The molecule has 0 N–H and O–H groups in total. The van der Waals surface area contributed by atoms with Crippen LogP contribution in [0, 0.1) is 19.8 Å². The van der Waals surface area contributed by atoms with E-state index < -0.39 is 0 Å². The normalized spacial score (nSPS) is 14.3. The maximum atomic E-state index is 6.26. The van der Waals surface area contributed by atoms with Gasteiger partial charge in [0.25, 0.3) is 0 Å². The van der Waals surface area contributed by atoms with Crippen LogP contribution in [0.4, 0.5) is 0 Å². The molecule has 2 aromatic rings. The van der Waals surface area contributed by atoms with E-state index in [9.17, 15) is 0 Å². The van der Waals surface area contributed by atoms with Crippen molar-refractivity contribution in [1.29, 1.82) is 0 Å². The Labute approximate surface area is 141 Å². The quantitative estimate of drug-likeness (QED) is 0.641. The number of hydrogen-bond acceptors (Lipinski definition) is 2. The Balaban J connectivity index is 2.16. The standard InChI is InChI=1S/C21H29NO/c1-15(2)21(19-10-8-7-9-11-19)22(6)23-18(5)20-13-16(3)12-17(4)14-20/h7-15,18,21H,1-6H3. The van der Waals surface area contributed by atoms with E-state index in [-0.39, 0.29) is 12.1 Å². The molecule has 2 nitrogen and oxygen atoms in total. The molecule has 0 radical (unpaired) electrons. The van der Waals surface area contributed by atoms with Gasteiger partial charge in [-0.15, -0.1) is 0 Å². The summed E-state index contributed by atoms with van der Waals surface area (Å²) < 4.78 is 0. The van der Waals surface area contributed by atoms with Gasteiger partial charge in [0.1, 0.15) is 6.10 Å². The summed E-state index contributed by atoms with van der Waals surface area (Å²) in [6.45, 7) is 10.9. The molecule has 0 fully saturated rings. The third-order valence-corrected chi connectivity index (χ3v) is 4.20. The molecular formula is C21H29NO. The topological polar surface area (TPSA) is 12.5 Å². The van der Waals surface area contributed by atoms with Crippen molar-refractivity contribution in [1.82, 2.24) is 5.06 Å². The first kappa shape index (κ1) is 17.7. The van der Waals surface area contributed by atoms with E-state index in [1.54, 1.807) is 0 Å². The van der Waals surface area contributed by atoms with Crippen molar-refractivity contribution >= 4 is 0 Å². The summed E-state index contributed by atoms with van der Waals surface area (Å²) >= 11 is 0. The van der Waals surface area contributed by atoms with Crippen LogP contribution in [-0.2, 0) is 4.84 Å². The fourth-order valence-corrected chi connectivity index (χ4v) is 3.29. The lowest BCUT2D eigenvalue weighted by molar-refractivity contribution is -0.212. The van der Waals surface area contributed by atoms with Gasteiger partial charge < -0.3 is 0 Å². The highest BCUT2D eigenvalue weighted by molar-refractivity contribution is 5.29. The number of hydroxylamine groups is 2. The minimum absolute atomic E-state index is 0.0311. The summed E-state index contributed by atoms with van der Waals surface area (Å²) in [4.78, 5) is 6.26. The molecule has 0 aliphatic heterocycles. The van der Waals surface area contributed by atoms with E-state index >= 15 is 0 Å². The van der Waals surface area contributed by atoms with Gasteiger partial charge in [0, 0.05) is 7.05 Å². The van der Waals surface area contributed by atoms with Crippen LogP contribution in [0.15, 0.2) is 48.5 Å². The molecule has 2 heteroatoms. The first-order valence-corrected chi connectivity index (χ1v) is 8.41. The van der Waals surface area contributed by atoms with Crippen LogP contribution in [-0.4, -0.2) is 12.1 Å². The summed E-state index contributed by atoms with van der Waals surface area (Å²) in [5, 5.41) is 2.02. The molecule has 124 valence electrons. The van der Waals surface area contributed by atoms with E-state index in [0.717, 1.165) is 0 Å². The Hall–Kier alpha value is -1.64. The predicted molar refractivity (Wildman–Crippen MR) is 97.2 cm³/mol. The van der Waals surface area contributed by atoms with Gasteiger partial charge in [0.2, 0.25) is 0 Å². The molecule has 0 aliphatic carbocycles. The lowest BCUT2D eigenvalue weighted by Gasteiger charge is -2.33. The summed E-state index contributed by atoms with van der Waals surface area (Å²) in [5.41, 5.74) is 5.07. The molecule has 0 heterocycles. The van der Waals surface area contributed by atoms with Crippen molar-refractivity contribution in [2.45, 2.75) is 46.8 Å². The zero-order valence-electron chi connectivity index (χ0n) is 15.2. The summed E-state index contributed by atoms with van der Waals surface area (Å²) in [6, 6.07) is 17.4. The molecule has 0 spiro atoms. The monoisotopic (exact) mass is 311 g/mol. The molecule has 0 saturated heterocycles. The third-order valence-electron chi connectivity index (χ3n) is 4.20. The Morgan fingerprint density at radius 2 is 1.39 bits per heavy atom. The Morgan fingerprint density at radius 3 is 1.91 bits per heavy atom. The molecule has 0 saturated carbocycles. The zero-order chi connectivity index (χ0) is 17.0. The van der Waals surface area contributed by atoms with Crippen molar-refractivity contribution in [2.24, 2.45) is 5.92 Å². The second-order valence-corrected chi connectivity index (χ2v) is 6.81. The molecule has 2 unspecified atom stereocenters. The Morgan fingerprint density at radius 1 is 0.826 bits per heavy atom. The van der Waals surface area contributed by atoms with Crippen LogP contribution < -0.4 is 0 Å². The van der Waals surface area contributed by atoms with Crippen molar-refractivity contribution in [3.05, 3.63) is 70.8 Å². The summed E-state index contributed by atoms with van der Waals surface area (Å²) in [7, 11) is 2.04. The molecule has 0 bridgehead atoms. The Kier molecular flexibility index (Phi) is 5.97. The van der Waals surface area contributed by atoms with Crippen LogP contribution >= 0.6 is 0 Å². The van der Waals surface area contributed by atoms with Crippen LogP contribution in [0.1, 0.15) is 55.2 Å². The van der Waals surface area contributed by atoms with Gasteiger partial charge in [0.15, 0.2) is 0 Å². The van der Waals surface area contributed by atoms with Gasteiger partial charge in [-0.25, -0.2) is 0 Å². The number of rotatable bonds is 6. The molecular weight excluding hydrogens is 282 g/mol. The summed E-state index contributed by atoms with van der Waals surface area (Å²) in [6.07, 6.45) is 0.0311. The SMILES string of the molecule is Cc1cc(C)cc(C(C)ON(C)C(c2ccccc2)C(C)C)c1. The van der Waals surface area contributed by atoms with Gasteiger partial charge in [-0.2, -0.15) is 5.06 Å². The smallest absolute Gasteiger partial charge is 0.101 e. The van der Waals surface area contributed by atoms with Crippen molar-refractivity contribution in [3.8, 4) is 0 Å². The van der Waals surface area contributed by atoms with Gasteiger partial charge in [0.05, 0.1) is 6.04 Å². The van der Waals surface area contributed by atoms with Gasteiger partial charge in [-0.1, -0.05) is 73.5 Å². The highest BCUT2D eigenvalue weighted by atomic mass is 16.7. The Bertz CT molecular complexity index is 601. The van der Waals surface area contributed by atoms with Crippen LogP contribution in [0.3, 0.4) is 0 Å². The van der Waals surface area contributed by atoms with Gasteiger partial charge >= 0.3 is 0 Å². The second-order valence-electron chi connectivity index (χ2n) is 6.81. The predicted octanol–water partition coefficient (Wildman–Crippen LogP) is 5.63. The average Bonchev–Trinajstić information content (AvgIpc) is 2.47. The second kappa shape index (κ2) is 7.76. The molecule has 0 aromatic heterocycles. The molecule has 0 aliphatic rings. The molecule has 23 heavy (non-hydrogen) atoms. The highest BCUT2D eigenvalue weighted by Crippen LogP contribution is 2.30. The number of nitrogens with zero attached hydrogens (tertiary/aromatic N) is 1. The lowest BCUT2D eigenvalue weighted by Crippen LogP contribution is -2.29.